The molecule has 1 unspecified atom stereocenters. The van der Waals surface area contributed by atoms with Crippen LogP contribution in [-0.2, 0) is 9.53 Å². The average Bonchev–Trinajstić information content (AvgIpc) is 2.54. The van der Waals surface area contributed by atoms with Gasteiger partial charge in [-0.15, -0.1) is 0 Å². The molecule has 0 radical (unpaired) electrons. The third-order valence-electron chi connectivity index (χ3n) is 3.57. The Kier molecular flexibility index (Phi) is 4.89. The van der Waals surface area contributed by atoms with Gasteiger partial charge in [-0.25, -0.2) is 4.98 Å². The van der Waals surface area contributed by atoms with Gasteiger partial charge in [0, 0.05) is 10.9 Å². The van der Waals surface area contributed by atoms with Crippen molar-refractivity contribution in [3.05, 3.63) is 41.6 Å². The van der Waals surface area contributed by atoms with Crippen LogP contribution in [0.5, 0.6) is 0 Å². The fraction of sp³-hybridized carbons (Fsp3) is 0.353. The summed E-state index contributed by atoms with van der Waals surface area (Å²) < 4.78 is 4.90. The standard InChI is InChI=1S/C17H18N2O2/c1-3-4-8-13(17(20)21-2)14-10-12-7-5-6-9-15(12)19-16(14)11-18/h5-7,9-10,13H,3-4,8H2,1-2H3. The Bertz CT molecular complexity index is 689. The number of unbranched alkanes of at least 4 members (excludes halogenated alkanes) is 1. The van der Waals surface area contributed by atoms with Crippen molar-refractivity contribution >= 4 is 16.9 Å². The predicted molar refractivity (Wildman–Crippen MR) is 80.7 cm³/mol. The van der Waals surface area contributed by atoms with Crippen LogP contribution in [0.15, 0.2) is 30.3 Å². The first-order valence-electron chi connectivity index (χ1n) is 7.08. The Morgan fingerprint density at radius 3 is 2.86 bits per heavy atom. The smallest absolute Gasteiger partial charge is 0.313 e. The normalized spacial score (nSPS) is 11.9. The van der Waals surface area contributed by atoms with Gasteiger partial charge in [0.1, 0.15) is 11.8 Å². The first kappa shape index (κ1) is 15.0. The predicted octanol–water partition coefficient (Wildman–Crippen LogP) is 3.55. The van der Waals surface area contributed by atoms with E-state index < -0.39 is 5.92 Å². The molecule has 108 valence electrons. The summed E-state index contributed by atoms with van der Waals surface area (Å²) in [6, 6.07) is 11.6. The van der Waals surface area contributed by atoms with Crippen LogP contribution in [-0.4, -0.2) is 18.1 Å². The van der Waals surface area contributed by atoms with E-state index in [0.29, 0.717) is 17.7 Å². The van der Waals surface area contributed by atoms with Crippen LogP contribution >= 0.6 is 0 Å². The van der Waals surface area contributed by atoms with Gasteiger partial charge in [-0.1, -0.05) is 38.0 Å². The molecule has 0 spiro atoms. The molecule has 0 fully saturated rings. The molecule has 0 bridgehead atoms. The van der Waals surface area contributed by atoms with E-state index in [9.17, 15) is 10.1 Å². The number of carbonyl (C=O) groups excluding carboxylic acids is 1. The molecular formula is C17H18N2O2. The quantitative estimate of drug-likeness (QED) is 0.787. The molecule has 4 nitrogen and oxygen atoms in total. The number of nitrogens with zero attached hydrogens (tertiary/aromatic N) is 2. The van der Waals surface area contributed by atoms with Crippen molar-refractivity contribution in [2.45, 2.75) is 32.1 Å². The van der Waals surface area contributed by atoms with E-state index in [0.717, 1.165) is 23.7 Å². The number of methoxy groups -OCH3 is 1. The molecule has 1 heterocycles. The summed E-state index contributed by atoms with van der Waals surface area (Å²) in [5.41, 5.74) is 1.73. The van der Waals surface area contributed by atoms with Gasteiger partial charge in [-0.3, -0.25) is 4.79 Å². The molecule has 0 N–H and O–H groups in total. The van der Waals surface area contributed by atoms with Crippen molar-refractivity contribution in [1.82, 2.24) is 4.98 Å². The molecule has 0 amide bonds. The molecule has 2 aromatic rings. The summed E-state index contributed by atoms with van der Waals surface area (Å²) in [6.07, 6.45) is 2.55. The number of esters is 1. The summed E-state index contributed by atoms with van der Waals surface area (Å²) in [4.78, 5) is 16.4. The minimum absolute atomic E-state index is 0.306. The second-order valence-corrected chi connectivity index (χ2v) is 4.95. The Morgan fingerprint density at radius 1 is 1.43 bits per heavy atom. The van der Waals surface area contributed by atoms with E-state index in [4.69, 9.17) is 4.74 Å². The third-order valence-corrected chi connectivity index (χ3v) is 3.57. The Hall–Kier alpha value is -2.41. The maximum absolute atomic E-state index is 12.1. The summed E-state index contributed by atoms with van der Waals surface area (Å²) in [5.74, 6) is -0.737. The zero-order chi connectivity index (χ0) is 15.2. The van der Waals surface area contributed by atoms with Crippen molar-refractivity contribution in [2.24, 2.45) is 0 Å². The topological polar surface area (TPSA) is 63.0 Å². The van der Waals surface area contributed by atoms with Crippen LogP contribution in [0.25, 0.3) is 10.9 Å². The maximum Gasteiger partial charge on any atom is 0.313 e. The molecule has 0 aliphatic carbocycles. The Labute approximate surface area is 124 Å². The van der Waals surface area contributed by atoms with Crippen molar-refractivity contribution in [2.75, 3.05) is 7.11 Å². The summed E-state index contributed by atoms with van der Waals surface area (Å²) in [5, 5.41) is 10.3. The first-order chi connectivity index (χ1) is 10.2. The van der Waals surface area contributed by atoms with Gasteiger partial charge in [0.05, 0.1) is 18.5 Å². The highest BCUT2D eigenvalue weighted by molar-refractivity contribution is 5.84. The van der Waals surface area contributed by atoms with E-state index in [1.54, 1.807) is 0 Å². The molecule has 2 rings (SSSR count). The van der Waals surface area contributed by atoms with E-state index >= 15 is 0 Å². The number of hydrogen-bond donors (Lipinski definition) is 0. The highest BCUT2D eigenvalue weighted by Gasteiger charge is 2.25. The first-order valence-corrected chi connectivity index (χ1v) is 7.08. The lowest BCUT2D eigenvalue weighted by molar-refractivity contribution is -0.142. The van der Waals surface area contributed by atoms with Gasteiger partial charge in [-0.2, -0.15) is 5.26 Å². The number of hydrogen-bond acceptors (Lipinski definition) is 4. The number of benzene rings is 1. The second-order valence-electron chi connectivity index (χ2n) is 4.95. The summed E-state index contributed by atoms with van der Waals surface area (Å²) >= 11 is 0. The van der Waals surface area contributed by atoms with Crippen molar-refractivity contribution in [1.29, 1.82) is 5.26 Å². The van der Waals surface area contributed by atoms with Gasteiger partial charge < -0.3 is 4.74 Å². The lowest BCUT2D eigenvalue weighted by Gasteiger charge is -2.16. The average molecular weight is 282 g/mol. The van der Waals surface area contributed by atoms with E-state index in [-0.39, 0.29) is 5.97 Å². The van der Waals surface area contributed by atoms with Crippen LogP contribution in [0.4, 0.5) is 0 Å². The van der Waals surface area contributed by atoms with Crippen LogP contribution in [0, 0.1) is 11.3 Å². The molecule has 21 heavy (non-hydrogen) atoms. The molecular weight excluding hydrogens is 264 g/mol. The second kappa shape index (κ2) is 6.85. The Morgan fingerprint density at radius 2 is 2.19 bits per heavy atom. The molecule has 0 aliphatic heterocycles. The molecule has 1 atom stereocenters. The highest BCUT2D eigenvalue weighted by atomic mass is 16.5. The number of pyridine rings is 1. The number of nitriles is 1. The summed E-state index contributed by atoms with van der Waals surface area (Å²) in [7, 11) is 1.38. The van der Waals surface area contributed by atoms with Gasteiger partial charge >= 0.3 is 5.97 Å². The SMILES string of the molecule is CCCCC(C(=O)OC)c1cc2ccccc2nc1C#N. The lowest BCUT2D eigenvalue weighted by atomic mass is 9.91. The van der Waals surface area contributed by atoms with Gasteiger partial charge in [0.15, 0.2) is 0 Å². The van der Waals surface area contributed by atoms with Crippen molar-refractivity contribution < 1.29 is 9.53 Å². The number of rotatable bonds is 5. The van der Waals surface area contributed by atoms with Gasteiger partial charge in [-0.05, 0) is 18.6 Å². The van der Waals surface area contributed by atoms with E-state index in [1.807, 2.05) is 30.3 Å². The van der Waals surface area contributed by atoms with E-state index in [1.165, 1.54) is 7.11 Å². The monoisotopic (exact) mass is 282 g/mol. The maximum atomic E-state index is 12.1. The third kappa shape index (κ3) is 3.19. The minimum atomic E-state index is -0.429. The Balaban J connectivity index is 2.54. The number of aromatic nitrogens is 1. The molecule has 1 aromatic carbocycles. The fourth-order valence-electron chi connectivity index (χ4n) is 2.44. The molecule has 0 saturated heterocycles. The van der Waals surface area contributed by atoms with Crippen LogP contribution in [0.1, 0.15) is 43.4 Å². The van der Waals surface area contributed by atoms with Gasteiger partial charge in [0.25, 0.3) is 0 Å². The van der Waals surface area contributed by atoms with Crippen molar-refractivity contribution in [3.63, 3.8) is 0 Å². The fourth-order valence-corrected chi connectivity index (χ4v) is 2.44. The number of ether oxygens (including phenoxy) is 1. The molecule has 0 saturated carbocycles. The molecule has 1 aromatic heterocycles. The van der Waals surface area contributed by atoms with Crippen LogP contribution in [0.2, 0.25) is 0 Å². The van der Waals surface area contributed by atoms with Crippen molar-refractivity contribution in [3.8, 4) is 6.07 Å². The van der Waals surface area contributed by atoms with Gasteiger partial charge in [0.2, 0.25) is 0 Å². The van der Waals surface area contributed by atoms with Crippen LogP contribution in [0.3, 0.4) is 0 Å². The highest BCUT2D eigenvalue weighted by Crippen LogP contribution is 2.28. The number of carbonyl (C=O) groups is 1. The zero-order valence-corrected chi connectivity index (χ0v) is 12.3. The zero-order valence-electron chi connectivity index (χ0n) is 12.3. The minimum Gasteiger partial charge on any atom is -0.469 e. The molecule has 4 heteroatoms. The number of fused-ring (bicyclic) bond motifs is 1. The lowest BCUT2D eigenvalue weighted by Crippen LogP contribution is -2.16. The van der Waals surface area contributed by atoms with Crippen LogP contribution < -0.4 is 0 Å². The largest absolute Gasteiger partial charge is 0.469 e. The number of para-hydroxylation sites is 1. The summed E-state index contributed by atoms with van der Waals surface area (Å²) in [6.45, 7) is 2.07. The van der Waals surface area contributed by atoms with E-state index in [2.05, 4.69) is 18.0 Å². The molecule has 0 aliphatic rings.